The molecule has 1 rings (SSSR count). The van der Waals surface area contributed by atoms with Crippen molar-refractivity contribution in [2.75, 3.05) is 6.54 Å². The van der Waals surface area contributed by atoms with E-state index >= 15 is 0 Å². The topological polar surface area (TPSA) is 66.8 Å². The van der Waals surface area contributed by atoms with E-state index in [1.165, 1.54) is 4.90 Å². The predicted octanol–water partition coefficient (Wildman–Crippen LogP) is 2.50. The Morgan fingerprint density at radius 2 is 1.94 bits per heavy atom. The molecule has 1 saturated heterocycles. The highest BCUT2D eigenvalue weighted by Crippen LogP contribution is 2.34. The first-order valence-electron chi connectivity index (χ1n) is 6.28. The second-order valence-electron chi connectivity index (χ2n) is 6.36. The van der Waals surface area contributed by atoms with E-state index in [0.717, 1.165) is 0 Å². The lowest BCUT2D eigenvalue weighted by molar-refractivity contribution is -0.170. The summed E-state index contributed by atoms with van der Waals surface area (Å²) in [6, 6.07) is -0.0435. The van der Waals surface area contributed by atoms with Crippen molar-refractivity contribution in [1.29, 1.82) is 0 Å². The first kappa shape index (κ1) is 14.8. The molecule has 0 radical (unpaired) electrons. The van der Waals surface area contributed by atoms with Gasteiger partial charge in [0.25, 0.3) is 0 Å². The molecular weight excluding hydrogens is 234 g/mol. The van der Waals surface area contributed by atoms with Gasteiger partial charge in [-0.05, 0) is 47.5 Å². The molecule has 1 aliphatic heterocycles. The third kappa shape index (κ3) is 3.37. The molecule has 1 aliphatic rings. The summed E-state index contributed by atoms with van der Waals surface area (Å²) in [4.78, 5) is 24.6. The Bertz CT molecular complexity index is 347. The molecule has 1 fully saturated rings. The summed E-state index contributed by atoms with van der Waals surface area (Å²) in [6.07, 6.45) is 0.367. The molecule has 1 amide bonds. The Morgan fingerprint density at radius 3 is 2.39 bits per heavy atom. The monoisotopic (exact) mass is 257 g/mol. The van der Waals surface area contributed by atoms with Gasteiger partial charge in [-0.15, -0.1) is 0 Å². The molecule has 0 spiro atoms. The quantitative estimate of drug-likeness (QED) is 0.733. The zero-order valence-corrected chi connectivity index (χ0v) is 11.8. The molecule has 1 heterocycles. The molecule has 0 aromatic heterocycles. The molecule has 18 heavy (non-hydrogen) atoms. The molecule has 0 aliphatic carbocycles. The third-order valence-corrected chi connectivity index (χ3v) is 3.30. The van der Waals surface area contributed by atoms with E-state index in [4.69, 9.17) is 9.84 Å². The number of carbonyl (C=O) groups excluding carboxylic acids is 1. The van der Waals surface area contributed by atoms with Gasteiger partial charge in [0, 0.05) is 12.6 Å². The van der Waals surface area contributed by atoms with Gasteiger partial charge in [-0.1, -0.05) is 0 Å². The number of esters is 1. The van der Waals surface area contributed by atoms with Gasteiger partial charge < -0.3 is 14.7 Å². The molecule has 5 heteroatoms. The number of hydrogen-bond donors (Lipinski definition) is 1. The Morgan fingerprint density at radius 1 is 1.39 bits per heavy atom. The molecule has 5 nitrogen and oxygen atoms in total. The van der Waals surface area contributed by atoms with Crippen molar-refractivity contribution >= 4 is 12.1 Å². The fourth-order valence-corrected chi connectivity index (χ4v) is 2.12. The van der Waals surface area contributed by atoms with Crippen molar-refractivity contribution in [3.05, 3.63) is 0 Å². The van der Waals surface area contributed by atoms with E-state index in [1.807, 2.05) is 27.7 Å². The lowest BCUT2D eigenvalue weighted by Crippen LogP contribution is -2.53. The average molecular weight is 257 g/mol. The summed E-state index contributed by atoms with van der Waals surface area (Å²) >= 11 is 0. The second-order valence-corrected chi connectivity index (χ2v) is 6.36. The van der Waals surface area contributed by atoms with Crippen molar-refractivity contribution in [1.82, 2.24) is 4.90 Å². The van der Waals surface area contributed by atoms with Crippen LogP contribution in [0.2, 0.25) is 0 Å². The van der Waals surface area contributed by atoms with Crippen LogP contribution >= 0.6 is 0 Å². The van der Waals surface area contributed by atoms with Crippen molar-refractivity contribution in [2.45, 2.75) is 59.1 Å². The normalized spacial score (nSPS) is 28.9. The fraction of sp³-hybridized carbons (Fsp3) is 0.846. The lowest BCUT2D eigenvalue weighted by atomic mass is 9.79. The van der Waals surface area contributed by atoms with Crippen molar-refractivity contribution in [3.8, 4) is 0 Å². The van der Waals surface area contributed by atoms with E-state index in [-0.39, 0.29) is 18.6 Å². The molecular formula is C13H23NO4. The maximum absolute atomic E-state index is 12.2. The smallest absolute Gasteiger partial charge is 0.407 e. The number of carbonyl (C=O) groups is 2. The number of hydrogen-bond acceptors (Lipinski definition) is 3. The number of likely N-dealkylation sites (tertiary alicyclic amines) is 1. The molecule has 2 unspecified atom stereocenters. The van der Waals surface area contributed by atoms with Gasteiger partial charge in [-0.3, -0.25) is 4.79 Å². The van der Waals surface area contributed by atoms with E-state index in [0.29, 0.717) is 12.8 Å². The van der Waals surface area contributed by atoms with Gasteiger partial charge in [0.1, 0.15) is 5.60 Å². The molecule has 0 aromatic rings. The Labute approximate surface area is 108 Å². The summed E-state index contributed by atoms with van der Waals surface area (Å²) in [7, 11) is 0. The molecule has 2 atom stereocenters. The van der Waals surface area contributed by atoms with Gasteiger partial charge in [-0.2, -0.15) is 0 Å². The average Bonchev–Trinajstić information content (AvgIpc) is 2.19. The number of carboxylic acid groups (broad SMARTS) is 1. The van der Waals surface area contributed by atoms with Crippen LogP contribution in [0.5, 0.6) is 0 Å². The Hall–Kier alpha value is -1.26. The fourth-order valence-electron chi connectivity index (χ4n) is 2.12. The van der Waals surface area contributed by atoms with E-state index in [1.54, 1.807) is 6.92 Å². The SMILES string of the molecule is CC1CCC(C)(C(=O)OC(C)(C)C)CN1C(=O)O. The summed E-state index contributed by atoms with van der Waals surface area (Å²) < 4.78 is 5.38. The first-order chi connectivity index (χ1) is 8.05. The van der Waals surface area contributed by atoms with Crippen LogP contribution in [0.1, 0.15) is 47.5 Å². The van der Waals surface area contributed by atoms with Gasteiger partial charge in [0.2, 0.25) is 0 Å². The number of rotatable bonds is 1. The predicted molar refractivity (Wildman–Crippen MR) is 67.4 cm³/mol. The van der Waals surface area contributed by atoms with E-state index in [9.17, 15) is 9.59 Å². The van der Waals surface area contributed by atoms with Gasteiger partial charge >= 0.3 is 12.1 Å². The second kappa shape index (κ2) is 4.78. The van der Waals surface area contributed by atoms with Crippen molar-refractivity contribution in [2.24, 2.45) is 5.41 Å². The summed E-state index contributed by atoms with van der Waals surface area (Å²) in [6.45, 7) is 9.29. The van der Waals surface area contributed by atoms with Crippen molar-refractivity contribution in [3.63, 3.8) is 0 Å². The Balaban J connectivity index is 2.81. The summed E-state index contributed by atoms with van der Waals surface area (Å²) in [5.74, 6) is -0.312. The molecule has 104 valence electrons. The van der Waals surface area contributed by atoms with Crippen LogP contribution in [0.25, 0.3) is 0 Å². The molecule has 0 aromatic carbocycles. The van der Waals surface area contributed by atoms with E-state index < -0.39 is 17.1 Å². The zero-order valence-electron chi connectivity index (χ0n) is 11.8. The van der Waals surface area contributed by atoms with E-state index in [2.05, 4.69) is 0 Å². The number of nitrogens with zero attached hydrogens (tertiary/aromatic N) is 1. The highest BCUT2D eigenvalue weighted by Gasteiger charge is 2.44. The lowest BCUT2D eigenvalue weighted by Gasteiger charge is -2.42. The van der Waals surface area contributed by atoms with Gasteiger partial charge in [0.05, 0.1) is 5.41 Å². The third-order valence-electron chi connectivity index (χ3n) is 3.30. The standard InChI is InChI=1S/C13H23NO4/c1-9-6-7-13(5,8-14(9)11(16)17)10(15)18-12(2,3)4/h9H,6-8H2,1-5H3,(H,16,17). The summed E-state index contributed by atoms with van der Waals surface area (Å²) in [5.41, 5.74) is -1.28. The van der Waals surface area contributed by atoms with Gasteiger partial charge in [0.15, 0.2) is 0 Å². The minimum Gasteiger partial charge on any atom is -0.465 e. The van der Waals surface area contributed by atoms with Crippen LogP contribution in [0, 0.1) is 5.41 Å². The zero-order chi connectivity index (χ0) is 14.1. The highest BCUT2D eigenvalue weighted by molar-refractivity contribution is 5.78. The minimum absolute atomic E-state index is 0.0435. The minimum atomic E-state index is -0.975. The molecule has 0 bridgehead atoms. The van der Waals surface area contributed by atoms with Crippen LogP contribution in [0.3, 0.4) is 0 Å². The highest BCUT2D eigenvalue weighted by atomic mass is 16.6. The molecule has 0 saturated carbocycles. The number of ether oxygens (including phenoxy) is 1. The number of amides is 1. The number of piperidine rings is 1. The van der Waals surface area contributed by atoms with Crippen molar-refractivity contribution < 1.29 is 19.4 Å². The maximum atomic E-state index is 12.2. The van der Waals surface area contributed by atoms with Crippen LogP contribution in [0.15, 0.2) is 0 Å². The maximum Gasteiger partial charge on any atom is 0.407 e. The van der Waals surface area contributed by atoms with Crippen LogP contribution in [-0.2, 0) is 9.53 Å². The molecule has 1 N–H and O–H groups in total. The van der Waals surface area contributed by atoms with Gasteiger partial charge in [-0.25, -0.2) is 4.79 Å². The Kier molecular flexibility index (Phi) is 3.93. The van der Waals surface area contributed by atoms with Crippen LogP contribution < -0.4 is 0 Å². The van der Waals surface area contributed by atoms with Crippen LogP contribution in [-0.4, -0.2) is 40.3 Å². The largest absolute Gasteiger partial charge is 0.465 e. The summed E-state index contributed by atoms with van der Waals surface area (Å²) in [5, 5.41) is 9.13. The first-order valence-corrected chi connectivity index (χ1v) is 6.28. The van der Waals surface area contributed by atoms with Crippen LogP contribution in [0.4, 0.5) is 4.79 Å².